The number of hydrogen-bond acceptors (Lipinski definition) is 4. The van der Waals surface area contributed by atoms with Crippen LogP contribution in [0.4, 0.5) is 5.69 Å². The first-order chi connectivity index (χ1) is 12.1. The Morgan fingerprint density at radius 1 is 0.880 bits per heavy atom. The third kappa shape index (κ3) is 4.12. The second kappa shape index (κ2) is 7.87. The number of carbonyl (C=O) groups excluding carboxylic acids is 2. The number of nitrogens with zero attached hydrogens (tertiary/aromatic N) is 4. The molecule has 1 aromatic carbocycles. The van der Waals surface area contributed by atoms with Crippen molar-refractivity contribution in [2.75, 3.05) is 63.8 Å². The Morgan fingerprint density at radius 2 is 1.44 bits per heavy atom. The van der Waals surface area contributed by atoms with Crippen molar-refractivity contribution in [2.24, 2.45) is 0 Å². The Kier molecular flexibility index (Phi) is 5.58. The predicted octanol–water partition coefficient (Wildman–Crippen LogP) is 0.808. The van der Waals surface area contributed by atoms with Crippen LogP contribution in [0.2, 0.25) is 0 Å². The van der Waals surface area contributed by atoms with Crippen molar-refractivity contribution in [3.8, 4) is 0 Å². The fraction of sp³-hybridized carbons (Fsp3) is 0.579. The molecule has 2 amide bonds. The summed E-state index contributed by atoms with van der Waals surface area (Å²) in [5.74, 6) is -0.673. The molecule has 2 aliphatic heterocycles. The maximum atomic E-state index is 12.5. The van der Waals surface area contributed by atoms with E-state index in [4.69, 9.17) is 0 Å². The molecule has 3 rings (SSSR count). The zero-order valence-electron chi connectivity index (χ0n) is 15.3. The summed E-state index contributed by atoms with van der Waals surface area (Å²) < 4.78 is 0. The molecule has 6 heteroatoms. The van der Waals surface area contributed by atoms with Crippen molar-refractivity contribution < 1.29 is 9.59 Å². The maximum absolute atomic E-state index is 12.5. The number of carbonyl (C=O) groups is 2. The number of rotatable bonds is 2. The van der Waals surface area contributed by atoms with E-state index >= 15 is 0 Å². The Morgan fingerprint density at radius 3 is 1.96 bits per heavy atom. The monoisotopic (exact) mass is 344 g/mol. The predicted molar refractivity (Wildman–Crippen MR) is 98.7 cm³/mol. The highest BCUT2D eigenvalue weighted by Gasteiger charge is 2.31. The van der Waals surface area contributed by atoms with Gasteiger partial charge in [0.1, 0.15) is 0 Å². The number of aryl methyl sites for hydroxylation is 1. The van der Waals surface area contributed by atoms with Crippen LogP contribution in [0, 0.1) is 6.92 Å². The molecule has 2 saturated heterocycles. The normalized spacial score (nSPS) is 19.2. The second-order valence-corrected chi connectivity index (χ2v) is 6.84. The molecule has 2 heterocycles. The molecule has 0 radical (unpaired) electrons. The Balaban J connectivity index is 1.52. The van der Waals surface area contributed by atoms with Crippen molar-refractivity contribution >= 4 is 17.5 Å². The van der Waals surface area contributed by atoms with E-state index in [9.17, 15) is 9.59 Å². The lowest BCUT2D eigenvalue weighted by atomic mass is 10.2. The van der Waals surface area contributed by atoms with Gasteiger partial charge in [-0.3, -0.25) is 9.59 Å². The number of likely N-dealkylation sites (N-methyl/N-ethyl adjacent to an activating group) is 1. The molecule has 0 unspecified atom stereocenters. The van der Waals surface area contributed by atoms with Gasteiger partial charge in [-0.2, -0.15) is 0 Å². The summed E-state index contributed by atoms with van der Waals surface area (Å²) in [6.45, 7) is 11.0. The van der Waals surface area contributed by atoms with Crippen LogP contribution in [0.3, 0.4) is 0 Å². The highest BCUT2D eigenvalue weighted by molar-refractivity contribution is 6.35. The first-order valence-electron chi connectivity index (χ1n) is 9.20. The molecule has 0 aliphatic carbocycles. The average Bonchev–Trinajstić information content (AvgIpc) is 2.67. The van der Waals surface area contributed by atoms with Gasteiger partial charge < -0.3 is 19.6 Å². The Bertz CT molecular complexity index is 618. The van der Waals surface area contributed by atoms with E-state index in [1.807, 2.05) is 0 Å². The second-order valence-electron chi connectivity index (χ2n) is 6.84. The van der Waals surface area contributed by atoms with Gasteiger partial charge >= 0.3 is 11.8 Å². The van der Waals surface area contributed by atoms with Crippen LogP contribution in [0.15, 0.2) is 24.3 Å². The van der Waals surface area contributed by atoms with Crippen LogP contribution in [0.1, 0.15) is 12.5 Å². The van der Waals surface area contributed by atoms with E-state index in [2.05, 4.69) is 47.9 Å². The zero-order chi connectivity index (χ0) is 17.8. The van der Waals surface area contributed by atoms with Crippen LogP contribution >= 0.6 is 0 Å². The summed E-state index contributed by atoms with van der Waals surface area (Å²) in [5.41, 5.74) is 2.42. The van der Waals surface area contributed by atoms with Gasteiger partial charge in [0, 0.05) is 58.0 Å². The summed E-state index contributed by atoms with van der Waals surface area (Å²) in [7, 11) is 0. The van der Waals surface area contributed by atoms with Crippen molar-refractivity contribution in [2.45, 2.75) is 13.8 Å². The Hall–Kier alpha value is -2.08. The molecule has 0 aromatic heterocycles. The molecule has 0 saturated carbocycles. The maximum Gasteiger partial charge on any atom is 0.312 e. The SMILES string of the molecule is CCN1CCN(C(=O)C(=O)N2CCN(c3cccc(C)c3)CC2)CC1. The van der Waals surface area contributed by atoms with Gasteiger partial charge in [0.15, 0.2) is 0 Å². The number of benzene rings is 1. The van der Waals surface area contributed by atoms with Crippen molar-refractivity contribution in [3.05, 3.63) is 29.8 Å². The van der Waals surface area contributed by atoms with Crippen LogP contribution in [0.25, 0.3) is 0 Å². The highest BCUT2D eigenvalue weighted by Crippen LogP contribution is 2.18. The quantitative estimate of drug-likeness (QED) is 0.745. The molecular weight excluding hydrogens is 316 g/mol. The summed E-state index contributed by atoms with van der Waals surface area (Å²) in [6, 6.07) is 8.40. The standard InChI is InChI=1S/C19H28N4O2/c1-3-20-7-9-22(10-8-20)18(24)19(25)23-13-11-21(12-14-23)17-6-4-5-16(2)15-17/h4-6,15H,3,7-14H2,1-2H3. The molecule has 0 N–H and O–H groups in total. The van der Waals surface area contributed by atoms with E-state index in [1.165, 1.54) is 11.3 Å². The summed E-state index contributed by atoms with van der Waals surface area (Å²) in [4.78, 5) is 33.0. The lowest BCUT2D eigenvalue weighted by molar-refractivity contribution is -0.153. The minimum atomic E-state index is -0.339. The van der Waals surface area contributed by atoms with Gasteiger partial charge in [0.05, 0.1) is 0 Å². The Labute approximate surface area is 150 Å². The average molecular weight is 344 g/mol. The molecular formula is C19H28N4O2. The van der Waals surface area contributed by atoms with Gasteiger partial charge in [-0.25, -0.2) is 0 Å². The summed E-state index contributed by atoms with van der Waals surface area (Å²) in [6.07, 6.45) is 0. The summed E-state index contributed by atoms with van der Waals surface area (Å²) in [5, 5.41) is 0. The van der Waals surface area contributed by atoms with Gasteiger partial charge in [-0.15, -0.1) is 0 Å². The largest absolute Gasteiger partial charge is 0.368 e. The van der Waals surface area contributed by atoms with Crippen molar-refractivity contribution in [1.82, 2.24) is 14.7 Å². The summed E-state index contributed by atoms with van der Waals surface area (Å²) >= 11 is 0. The first kappa shape index (κ1) is 17.7. The molecule has 136 valence electrons. The molecule has 0 atom stereocenters. The molecule has 0 spiro atoms. The topological polar surface area (TPSA) is 47.1 Å². The molecule has 6 nitrogen and oxygen atoms in total. The number of anilines is 1. The van der Waals surface area contributed by atoms with Crippen LogP contribution < -0.4 is 4.90 Å². The molecule has 0 bridgehead atoms. The first-order valence-corrected chi connectivity index (χ1v) is 9.20. The molecule has 25 heavy (non-hydrogen) atoms. The fourth-order valence-electron chi connectivity index (χ4n) is 3.53. The van der Waals surface area contributed by atoms with Gasteiger partial charge in [0.2, 0.25) is 0 Å². The van der Waals surface area contributed by atoms with E-state index < -0.39 is 0 Å². The third-order valence-electron chi connectivity index (χ3n) is 5.22. The van der Waals surface area contributed by atoms with E-state index in [-0.39, 0.29) is 11.8 Å². The van der Waals surface area contributed by atoms with Crippen LogP contribution in [0.5, 0.6) is 0 Å². The van der Waals surface area contributed by atoms with E-state index in [0.29, 0.717) is 26.2 Å². The lowest BCUT2D eigenvalue weighted by Crippen LogP contribution is -2.56. The minimum absolute atomic E-state index is 0.334. The van der Waals surface area contributed by atoms with E-state index in [1.54, 1.807) is 9.80 Å². The minimum Gasteiger partial charge on any atom is -0.368 e. The van der Waals surface area contributed by atoms with Gasteiger partial charge in [-0.05, 0) is 31.2 Å². The third-order valence-corrected chi connectivity index (χ3v) is 5.22. The zero-order valence-corrected chi connectivity index (χ0v) is 15.3. The molecule has 2 aliphatic rings. The molecule has 2 fully saturated rings. The van der Waals surface area contributed by atoms with Gasteiger partial charge in [0.25, 0.3) is 0 Å². The van der Waals surface area contributed by atoms with Gasteiger partial charge in [-0.1, -0.05) is 19.1 Å². The fourth-order valence-corrected chi connectivity index (χ4v) is 3.53. The van der Waals surface area contributed by atoms with Crippen LogP contribution in [-0.4, -0.2) is 85.4 Å². The van der Waals surface area contributed by atoms with Crippen molar-refractivity contribution in [1.29, 1.82) is 0 Å². The van der Waals surface area contributed by atoms with E-state index in [0.717, 1.165) is 32.7 Å². The highest BCUT2D eigenvalue weighted by atomic mass is 16.2. The number of piperazine rings is 2. The lowest BCUT2D eigenvalue weighted by Gasteiger charge is -2.38. The van der Waals surface area contributed by atoms with Crippen LogP contribution in [-0.2, 0) is 9.59 Å². The molecule has 1 aromatic rings. The number of hydrogen-bond donors (Lipinski definition) is 0. The number of amides is 2. The smallest absolute Gasteiger partial charge is 0.312 e. The van der Waals surface area contributed by atoms with Crippen molar-refractivity contribution in [3.63, 3.8) is 0 Å².